The number of pyridine rings is 1. The molecule has 1 atom stereocenters. The van der Waals surface area contributed by atoms with Gasteiger partial charge in [-0.2, -0.15) is 0 Å². The zero-order chi connectivity index (χ0) is 14.5. The SMILES string of the molecule is CCNC(Cc1cccnc1)c1ccc(C2CCC2)cc1. The zero-order valence-corrected chi connectivity index (χ0v) is 12.8. The van der Waals surface area contributed by atoms with Crippen LogP contribution in [0.1, 0.15) is 54.8 Å². The number of hydrogen-bond acceptors (Lipinski definition) is 2. The largest absolute Gasteiger partial charge is 0.310 e. The second-order valence-corrected chi connectivity index (χ2v) is 5.97. The molecule has 110 valence electrons. The molecule has 1 aliphatic carbocycles. The van der Waals surface area contributed by atoms with Crippen LogP contribution in [0.25, 0.3) is 0 Å². The van der Waals surface area contributed by atoms with E-state index in [0.717, 1.165) is 18.9 Å². The van der Waals surface area contributed by atoms with Crippen LogP contribution >= 0.6 is 0 Å². The van der Waals surface area contributed by atoms with Crippen molar-refractivity contribution in [2.45, 2.75) is 44.6 Å². The van der Waals surface area contributed by atoms with Gasteiger partial charge in [0, 0.05) is 18.4 Å². The van der Waals surface area contributed by atoms with Crippen molar-refractivity contribution in [3.63, 3.8) is 0 Å². The van der Waals surface area contributed by atoms with Crippen LogP contribution in [0.15, 0.2) is 48.8 Å². The van der Waals surface area contributed by atoms with Crippen LogP contribution in [0.2, 0.25) is 0 Å². The molecule has 0 radical (unpaired) electrons. The Balaban J connectivity index is 1.73. The zero-order valence-electron chi connectivity index (χ0n) is 12.8. The molecule has 1 saturated carbocycles. The summed E-state index contributed by atoms with van der Waals surface area (Å²) in [7, 11) is 0. The normalized spacial score (nSPS) is 16.4. The third kappa shape index (κ3) is 3.51. The van der Waals surface area contributed by atoms with Gasteiger partial charge in [-0.05, 0) is 54.5 Å². The van der Waals surface area contributed by atoms with E-state index in [4.69, 9.17) is 0 Å². The smallest absolute Gasteiger partial charge is 0.0361 e. The standard InChI is InChI=1S/C19H24N2/c1-2-21-19(13-15-5-4-12-20-14-15)18-10-8-17(9-11-18)16-6-3-7-16/h4-5,8-12,14,16,19,21H,2-3,6-7,13H2,1H3. The Morgan fingerprint density at radius 3 is 2.57 bits per heavy atom. The molecule has 1 N–H and O–H groups in total. The van der Waals surface area contributed by atoms with Gasteiger partial charge in [0.2, 0.25) is 0 Å². The van der Waals surface area contributed by atoms with E-state index in [1.165, 1.54) is 36.0 Å². The van der Waals surface area contributed by atoms with Crippen molar-refractivity contribution in [2.24, 2.45) is 0 Å². The third-order valence-corrected chi connectivity index (χ3v) is 4.53. The molecule has 0 saturated heterocycles. The highest BCUT2D eigenvalue weighted by Crippen LogP contribution is 2.36. The molecule has 0 aliphatic heterocycles. The van der Waals surface area contributed by atoms with Gasteiger partial charge in [0.1, 0.15) is 0 Å². The van der Waals surface area contributed by atoms with Gasteiger partial charge in [0.25, 0.3) is 0 Å². The maximum absolute atomic E-state index is 4.22. The molecule has 1 aliphatic rings. The number of likely N-dealkylation sites (N-methyl/N-ethyl adjacent to an activating group) is 1. The highest BCUT2D eigenvalue weighted by atomic mass is 14.9. The number of nitrogens with zero attached hydrogens (tertiary/aromatic N) is 1. The summed E-state index contributed by atoms with van der Waals surface area (Å²) in [4.78, 5) is 4.22. The Hall–Kier alpha value is -1.67. The molecule has 0 spiro atoms. The first-order valence-corrected chi connectivity index (χ1v) is 8.09. The quantitative estimate of drug-likeness (QED) is 0.856. The van der Waals surface area contributed by atoms with E-state index in [1.54, 1.807) is 0 Å². The molecular weight excluding hydrogens is 256 g/mol. The minimum atomic E-state index is 0.370. The second kappa shape index (κ2) is 6.86. The van der Waals surface area contributed by atoms with Crippen molar-refractivity contribution < 1.29 is 0 Å². The van der Waals surface area contributed by atoms with Crippen molar-refractivity contribution in [2.75, 3.05) is 6.54 Å². The Bertz CT molecular complexity index is 544. The van der Waals surface area contributed by atoms with Crippen molar-refractivity contribution in [1.29, 1.82) is 0 Å². The minimum Gasteiger partial charge on any atom is -0.310 e. The summed E-state index contributed by atoms with van der Waals surface area (Å²) in [5.74, 6) is 0.815. The van der Waals surface area contributed by atoms with Gasteiger partial charge in [-0.15, -0.1) is 0 Å². The molecule has 1 fully saturated rings. The van der Waals surface area contributed by atoms with Crippen molar-refractivity contribution in [3.05, 3.63) is 65.5 Å². The summed E-state index contributed by atoms with van der Waals surface area (Å²) in [6, 6.07) is 13.8. The Morgan fingerprint density at radius 1 is 1.19 bits per heavy atom. The predicted molar refractivity (Wildman–Crippen MR) is 87.4 cm³/mol. The summed E-state index contributed by atoms with van der Waals surface area (Å²) in [5, 5.41) is 3.60. The van der Waals surface area contributed by atoms with E-state index in [2.05, 4.69) is 47.6 Å². The van der Waals surface area contributed by atoms with E-state index in [1.807, 2.05) is 18.5 Å². The summed E-state index contributed by atoms with van der Waals surface area (Å²) in [6.07, 6.45) is 8.92. The molecule has 2 aromatic rings. The fourth-order valence-electron chi connectivity index (χ4n) is 3.05. The highest BCUT2D eigenvalue weighted by Gasteiger charge is 2.19. The van der Waals surface area contributed by atoms with Gasteiger partial charge in [-0.3, -0.25) is 4.98 Å². The molecule has 0 amide bonds. The average Bonchev–Trinajstić information content (AvgIpc) is 2.47. The summed E-state index contributed by atoms with van der Waals surface area (Å²) in [6.45, 7) is 3.15. The van der Waals surface area contributed by atoms with Gasteiger partial charge in [0.15, 0.2) is 0 Å². The molecule has 2 heteroatoms. The third-order valence-electron chi connectivity index (χ3n) is 4.53. The first kappa shape index (κ1) is 14.3. The lowest BCUT2D eigenvalue weighted by molar-refractivity contribution is 0.419. The van der Waals surface area contributed by atoms with Crippen molar-refractivity contribution in [3.8, 4) is 0 Å². The molecular formula is C19H24N2. The molecule has 2 nitrogen and oxygen atoms in total. The first-order chi connectivity index (χ1) is 10.4. The van der Waals surface area contributed by atoms with Crippen molar-refractivity contribution in [1.82, 2.24) is 10.3 Å². The highest BCUT2D eigenvalue weighted by molar-refractivity contribution is 5.29. The lowest BCUT2D eigenvalue weighted by Crippen LogP contribution is -2.23. The number of rotatable bonds is 6. The number of nitrogens with one attached hydrogen (secondary N) is 1. The summed E-state index contributed by atoms with van der Waals surface area (Å²) >= 11 is 0. The van der Waals surface area contributed by atoms with Gasteiger partial charge in [0.05, 0.1) is 0 Å². The van der Waals surface area contributed by atoms with E-state index < -0.39 is 0 Å². The Morgan fingerprint density at radius 2 is 2.00 bits per heavy atom. The minimum absolute atomic E-state index is 0.370. The Kier molecular flexibility index (Phi) is 4.66. The van der Waals surface area contributed by atoms with Crippen LogP contribution in [-0.4, -0.2) is 11.5 Å². The fourth-order valence-corrected chi connectivity index (χ4v) is 3.05. The van der Waals surface area contributed by atoms with Gasteiger partial charge in [-0.1, -0.05) is 43.7 Å². The topological polar surface area (TPSA) is 24.9 Å². The summed E-state index contributed by atoms with van der Waals surface area (Å²) < 4.78 is 0. The fraction of sp³-hybridized carbons (Fsp3) is 0.421. The van der Waals surface area contributed by atoms with E-state index in [-0.39, 0.29) is 0 Å². The number of aromatic nitrogens is 1. The molecule has 1 unspecified atom stereocenters. The van der Waals surface area contributed by atoms with Crippen LogP contribution in [0, 0.1) is 0 Å². The maximum atomic E-state index is 4.22. The van der Waals surface area contributed by atoms with E-state index in [0.29, 0.717) is 6.04 Å². The molecule has 21 heavy (non-hydrogen) atoms. The summed E-state index contributed by atoms with van der Waals surface area (Å²) in [5.41, 5.74) is 4.18. The molecule has 3 rings (SSSR count). The molecule has 1 heterocycles. The molecule has 1 aromatic carbocycles. The lowest BCUT2D eigenvalue weighted by atomic mass is 9.79. The molecule has 1 aromatic heterocycles. The monoisotopic (exact) mass is 280 g/mol. The van der Waals surface area contributed by atoms with E-state index >= 15 is 0 Å². The maximum Gasteiger partial charge on any atom is 0.0361 e. The van der Waals surface area contributed by atoms with E-state index in [9.17, 15) is 0 Å². The van der Waals surface area contributed by atoms with Crippen LogP contribution in [0.3, 0.4) is 0 Å². The lowest BCUT2D eigenvalue weighted by Gasteiger charge is -2.26. The Labute approximate surface area is 127 Å². The van der Waals surface area contributed by atoms with Crippen LogP contribution in [-0.2, 0) is 6.42 Å². The van der Waals surface area contributed by atoms with Crippen LogP contribution in [0.5, 0.6) is 0 Å². The van der Waals surface area contributed by atoms with Gasteiger partial charge in [-0.25, -0.2) is 0 Å². The van der Waals surface area contributed by atoms with Crippen molar-refractivity contribution >= 4 is 0 Å². The predicted octanol–water partition coefficient (Wildman–Crippen LogP) is 4.24. The molecule has 0 bridgehead atoms. The van der Waals surface area contributed by atoms with Gasteiger partial charge < -0.3 is 5.32 Å². The second-order valence-electron chi connectivity index (χ2n) is 5.97. The first-order valence-electron chi connectivity index (χ1n) is 8.09. The average molecular weight is 280 g/mol. The van der Waals surface area contributed by atoms with Gasteiger partial charge >= 0.3 is 0 Å². The number of benzene rings is 1. The van der Waals surface area contributed by atoms with Crippen LogP contribution < -0.4 is 5.32 Å². The van der Waals surface area contributed by atoms with Crippen LogP contribution in [0.4, 0.5) is 0 Å². The number of hydrogen-bond donors (Lipinski definition) is 1.